The first-order chi connectivity index (χ1) is 12.9. The number of carboxylic acids is 2. The quantitative estimate of drug-likeness (QED) is 0.422. The van der Waals surface area contributed by atoms with Crippen LogP contribution in [0.5, 0.6) is 5.75 Å². The Hall–Kier alpha value is -3.93. The molecule has 0 aromatic heterocycles. The molecule has 0 heterocycles. The number of carbonyl (C=O) groups excluding carboxylic acids is 1. The summed E-state index contributed by atoms with van der Waals surface area (Å²) < 4.78 is 5.30. The zero-order valence-corrected chi connectivity index (χ0v) is 13.8. The van der Waals surface area contributed by atoms with Gasteiger partial charge in [-0.25, -0.2) is 14.4 Å². The van der Waals surface area contributed by atoms with Gasteiger partial charge in [-0.2, -0.15) is 0 Å². The third-order valence-corrected chi connectivity index (χ3v) is 4.38. The predicted molar refractivity (Wildman–Crippen MR) is 98.2 cm³/mol. The molecule has 3 aromatic carbocycles. The van der Waals surface area contributed by atoms with Gasteiger partial charge in [0.1, 0.15) is 5.75 Å². The molecule has 0 bridgehead atoms. The van der Waals surface area contributed by atoms with Crippen LogP contribution in [0.1, 0.15) is 42.2 Å². The van der Waals surface area contributed by atoms with Crippen LogP contribution in [-0.2, 0) is 0 Å². The van der Waals surface area contributed by atoms with Crippen molar-refractivity contribution in [1.29, 1.82) is 0 Å². The molecule has 0 amide bonds. The van der Waals surface area contributed by atoms with Gasteiger partial charge in [0, 0.05) is 0 Å². The lowest BCUT2D eigenvalue weighted by molar-refractivity contribution is 0.0682. The fraction of sp³-hybridized carbons (Fsp3) is 0. The van der Waals surface area contributed by atoms with Crippen LogP contribution in [0.2, 0.25) is 0 Å². The summed E-state index contributed by atoms with van der Waals surface area (Å²) in [5.41, 5.74) is 1.76. The SMILES string of the molecule is O=C(O)c1cc(OC(=O)c2ccc3c4c(cccc24)C=C3)cc(C(=O)O)c1. The van der Waals surface area contributed by atoms with Crippen molar-refractivity contribution in [3.8, 4) is 5.75 Å². The highest BCUT2D eigenvalue weighted by Gasteiger charge is 2.19. The summed E-state index contributed by atoms with van der Waals surface area (Å²) in [4.78, 5) is 35.1. The summed E-state index contributed by atoms with van der Waals surface area (Å²) in [7, 11) is 0. The first-order valence-corrected chi connectivity index (χ1v) is 8.02. The Balaban J connectivity index is 1.75. The molecular weight excluding hydrogens is 348 g/mol. The van der Waals surface area contributed by atoms with E-state index in [2.05, 4.69) is 0 Å². The molecule has 132 valence electrons. The van der Waals surface area contributed by atoms with Crippen molar-refractivity contribution in [3.63, 3.8) is 0 Å². The molecule has 0 aliphatic heterocycles. The van der Waals surface area contributed by atoms with E-state index >= 15 is 0 Å². The highest BCUT2D eigenvalue weighted by atomic mass is 16.5. The second-order valence-corrected chi connectivity index (χ2v) is 6.05. The number of esters is 1. The average molecular weight is 360 g/mol. The standard InChI is InChI=1S/C21H12O6/c22-19(23)13-8-14(20(24)25)10-15(9-13)27-21(26)17-7-6-12-5-4-11-2-1-3-16(17)18(11)12/h1-10H,(H,22,23)(H,24,25). The molecule has 0 atom stereocenters. The van der Waals surface area contributed by atoms with Gasteiger partial charge in [-0.1, -0.05) is 36.4 Å². The van der Waals surface area contributed by atoms with Crippen LogP contribution in [0.15, 0.2) is 48.5 Å². The number of rotatable bonds is 4. The van der Waals surface area contributed by atoms with Gasteiger partial charge >= 0.3 is 17.9 Å². The van der Waals surface area contributed by atoms with Crippen molar-refractivity contribution in [3.05, 3.63) is 76.3 Å². The van der Waals surface area contributed by atoms with Gasteiger partial charge in [0.2, 0.25) is 0 Å². The lowest BCUT2D eigenvalue weighted by Crippen LogP contribution is -2.11. The van der Waals surface area contributed by atoms with Gasteiger partial charge < -0.3 is 14.9 Å². The normalized spacial score (nSPS) is 11.6. The van der Waals surface area contributed by atoms with Gasteiger partial charge in [-0.3, -0.25) is 0 Å². The Kier molecular flexibility index (Phi) is 3.74. The molecule has 1 aliphatic carbocycles. The summed E-state index contributed by atoms with van der Waals surface area (Å²) in [6, 6.07) is 12.3. The maximum absolute atomic E-state index is 12.7. The smallest absolute Gasteiger partial charge is 0.344 e. The molecule has 2 N–H and O–H groups in total. The van der Waals surface area contributed by atoms with Gasteiger partial charge in [0.05, 0.1) is 16.7 Å². The van der Waals surface area contributed by atoms with Crippen LogP contribution in [-0.4, -0.2) is 28.1 Å². The number of benzene rings is 3. The molecule has 6 nitrogen and oxygen atoms in total. The second kappa shape index (κ2) is 6.10. The van der Waals surface area contributed by atoms with Crippen LogP contribution in [0.4, 0.5) is 0 Å². The summed E-state index contributed by atoms with van der Waals surface area (Å²) in [6.07, 6.45) is 3.92. The van der Waals surface area contributed by atoms with E-state index in [-0.39, 0.29) is 16.9 Å². The van der Waals surface area contributed by atoms with Crippen LogP contribution in [0, 0.1) is 0 Å². The van der Waals surface area contributed by atoms with Crippen molar-refractivity contribution in [1.82, 2.24) is 0 Å². The van der Waals surface area contributed by atoms with E-state index in [1.54, 1.807) is 6.07 Å². The van der Waals surface area contributed by atoms with Crippen molar-refractivity contribution in [2.75, 3.05) is 0 Å². The van der Waals surface area contributed by atoms with Gasteiger partial charge in [0.25, 0.3) is 0 Å². The minimum Gasteiger partial charge on any atom is -0.478 e. The summed E-state index contributed by atoms with van der Waals surface area (Å²) >= 11 is 0. The van der Waals surface area contributed by atoms with Gasteiger partial charge in [0.15, 0.2) is 0 Å². The minimum atomic E-state index is -1.31. The van der Waals surface area contributed by atoms with E-state index < -0.39 is 17.9 Å². The van der Waals surface area contributed by atoms with Crippen LogP contribution < -0.4 is 4.74 Å². The number of carboxylic acid groups (broad SMARTS) is 2. The van der Waals surface area contributed by atoms with Crippen LogP contribution in [0.3, 0.4) is 0 Å². The lowest BCUT2D eigenvalue weighted by atomic mass is 9.99. The fourth-order valence-corrected chi connectivity index (χ4v) is 3.17. The van der Waals surface area contributed by atoms with E-state index in [0.29, 0.717) is 10.9 Å². The number of hydrogen-bond donors (Lipinski definition) is 2. The monoisotopic (exact) mass is 360 g/mol. The zero-order valence-electron chi connectivity index (χ0n) is 13.8. The molecule has 3 aromatic rings. The van der Waals surface area contributed by atoms with Crippen molar-refractivity contribution in [2.24, 2.45) is 0 Å². The molecule has 4 rings (SSSR count). The first kappa shape index (κ1) is 16.5. The van der Waals surface area contributed by atoms with E-state index in [0.717, 1.165) is 34.7 Å². The lowest BCUT2D eigenvalue weighted by Gasteiger charge is -2.10. The largest absolute Gasteiger partial charge is 0.478 e. The Morgan fingerprint density at radius 3 is 2.04 bits per heavy atom. The molecule has 0 spiro atoms. The number of aromatic carboxylic acids is 2. The minimum absolute atomic E-state index is 0.140. The summed E-state index contributed by atoms with van der Waals surface area (Å²) in [5.74, 6) is -3.46. The highest BCUT2D eigenvalue weighted by Crippen LogP contribution is 2.33. The average Bonchev–Trinajstić information content (AvgIpc) is 3.06. The van der Waals surface area contributed by atoms with E-state index in [1.165, 1.54) is 0 Å². The van der Waals surface area contributed by atoms with Gasteiger partial charge in [-0.05, 0) is 46.2 Å². The molecule has 0 fully saturated rings. The third kappa shape index (κ3) is 2.83. The topological polar surface area (TPSA) is 101 Å². The third-order valence-electron chi connectivity index (χ3n) is 4.38. The maximum Gasteiger partial charge on any atom is 0.344 e. The Morgan fingerprint density at radius 1 is 0.778 bits per heavy atom. The van der Waals surface area contributed by atoms with Crippen LogP contribution in [0.25, 0.3) is 22.9 Å². The maximum atomic E-state index is 12.7. The Bertz CT molecular complexity index is 1130. The van der Waals surface area contributed by atoms with Crippen molar-refractivity contribution in [2.45, 2.75) is 0 Å². The second-order valence-electron chi connectivity index (χ2n) is 6.05. The Morgan fingerprint density at radius 2 is 1.41 bits per heavy atom. The Labute approximate surface area is 152 Å². The number of hydrogen-bond acceptors (Lipinski definition) is 4. The fourth-order valence-electron chi connectivity index (χ4n) is 3.17. The molecule has 6 heteroatoms. The first-order valence-electron chi connectivity index (χ1n) is 8.02. The molecule has 0 unspecified atom stereocenters. The zero-order chi connectivity index (χ0) is 19.1. The van der Waals surface area contributed by atoms with Crippen molar-refractivity contribution < 1.29 is 29.3 Å². The van der Waals surface area contributed by atoms with Crippen molar-refractivity contribution >= 4 is 40.8 Å². The predicted octanol–water partition coefficient (Wildman–Crippen LogP) is 3.94. The number of carbonyl (C=O) groups is 3. The van der Waals surface area contributed by atoms with E-state index in [9.17, 15) is 14.4 Å². The van der Waals surface area contributed by atoms with Gasteiger partial charge in [-0.15, -0.1) is 0 Å². The summed E-state index contributed by atoms with van der Waals surface area (Å²) in [5, 5.41) is 19.9. The molecule has 0 radical (unpaired) electrons. The highest BCUT2D eigenvalue weighted by molar-refractivity contribution is 6.13. The summed E-state index contributed by atoms with van der Waals surface area (Å²) in [6.45, 7) is 0. The molecular formula is C21H12O6. The molecule has 0 saturated heterocycles. The van der Waals surface area contributed by atoms with Crippen LogP contribution >= 0.6 is 0 Å². The number of ether oxygens (including phenoxy) is 1. The molecule has 27 heavy (non-hydrogen) atoms. The molecule has 1 aliphatic rings. The van der Waals surface area contributed by atoms with E-state index in [1.807, 2.05) is 36.4 Å². The van der Waals surface area contributed by atoms with E-state index in [4.69, 9.17) is 14.9 Å². The molecule has 0 saturated carbocycles.